The highest BCUT2D eigenvalue weighted by molar-refractivity contribution is 6.46. The van der Waals surface area contributed by atoms with Crippen LogP contribution in [0.2, 0.25) is 0 Å². The van der Waals surface area contributed by atoms with E-state index in [1.54, 1.807) is 24.3 Å². The molecule has 3 N–H and O–H groups in total. The van der Waals surface area contributed by atoms with Crippen LogP contribution in [0, 0.1) is 0 Å². The normalized spacial score (nSPS) is 18.9. The van der Waals surface area contributed by atoms with Crippen LogP contribution < -0.4 is 5.73 Å². The summed E-state index contributed by atoms with van der Waals surface area (Å²) in [5.41, 5.74) is 6.98. The minimum Gasteiger partial charge on any atom is -0.507 e. The zero-order chi connectivity index (χ0) is 17.1. The zero-order valence-corrected chi connectivity index (χ0v) is 14.3. The van der Waals surface area contributed by atoms with Crippen LogP contribution >= 0.6 is 12.4 Å². The van der Waals surface area contributed by atoms with E-state index in [1.807, 2.05) is 36.4 Å². The number of aliphatic hydroxyl groups is 1. The zero-order valence-electron chi connectivity index (χ0n) is 13.5. The molecular formula is C19H19ClN2O3. The van der Waals surface area contributed by atoms with Crippen LogP contribution in [-0.4, -0.2) is 34.8 Å². The second-order valence-corrected chi connectivity index (χ2v) is 5.56. The Morgan fingerprint density at radius 3 is 2.12 bits per heavy atom. The van der Waals surface area contributed by atoms with Crippen LogP contribution in [0.1, 0.15) is 17.2 Å². The lowest BCUT2D eigenvalue weighted by Crippen LogP contribution is -2.34. The summed E-state index contributed by atoms with van der Waals surface area (Å²) < 4.78 is 0. The van der Waals surface area contributed by atoms with Crippen LogP contribution in [-0.2, 0) is 9.59 Å². The lowest BCUT2D eigenvalue weighted by atomic mass is 9.95. The smallest absolute Gasteiger partial charge is 0.295 e. The fourth-order valence-electron chi connectivity index (χ4n) is 2.98. The van der Waals surface area contributed by atoms with Gasteiger partial charge >= 0.3 is 0 Å². The number of hydrogen-bond donors (Lipinski definition) is 2. The summed E-state index contributed by atoms with van der Waals surface area (Å²) in [7, 11) is 0. The van der Waals surface area contributed by atoms with Crippen molar-refractivity contribution in [3.05, 3.63) is 77.4 Å². The van der Waals surface area contributed by atoms with Crippen molar-refractivity contribution < 1.29 is 14.7 Å². The largest absolute Gasteiger partial charge is 0.507 e. The first kappa shape index (κ1) is 18.7. The average molecular weight is 359 g/mol. The van der Waals surface area contributed by atoms with Crippen molar-refractivity contribution in [1.82, 2.24) is 4.90 Å². The Kier molecular flexibility index (Phi) is 5.96. The van der Waals surface area contributed by atoms with E-state index in [0.717, 1.165) is 5.56 Å². The topological polar surface area (TPSA) is 83.6 Å². The number of ketones is 1. The molecule has 1 atom stereocenters. The van der Waals surface area contributed by atoms with Crippen LogP contribution in [0.4, 0.5) is 0 Å². The van der Waals surface area contributed by atoms with E-state index in [-0.39, 0.29) is 36.8 Å². The quantitative estimate of drug-likeness (QED) is 0.499. The molecule has 2 aromatic carbocycles. The summed E-state index contributed by atoms with van der Waals surface area (Å²) in [6.07, 6.45) is 0. The number of nitrogens with zero attached hydrogens (tertiary/aromatic N) is 1. The minimum atomic E-state index is -0.682. The molecule has 0 aromatic heterocycles. The maximum Gasteiger partial charge on any atom is 0.295 e. The molecule has 1 unspecified atom stereocenters. The van der Waals surface area contributed by atoms with Gasteiger partial charge in [-0.3, -0.25) is 9.59 Å². The monoisotopic (exact) mass is 358 g/mol. The Morgan fingerprint density at radius 1 is 1.00 bits per heavy atom. The molecule has 1 saturated heterocycles. The number of likely N-dealkylation sites (tertiary alicyclic amines) is 1. The molecule has 1 heterocycles. The van der Waals surface area contributed by atoms with E-state index in [4.69, 9.17) is 5.73 Å². The van der Waals surface area contributed by atoms with Crippen molar-refractivity contribution in [2.24, 2.45) is 5.73 Å². The third-order valence-electron chi connectivity index (χ3n) is 4.07. The van der Waals surface area contributed by atoms with Gasteiger partial charge in [0.25, 0.3) is 11.7 Å². The number of carbonyl (C=O) groups excluding carboxylic acids is 2. The molecule has 0 spiro atoms. The first-order chi connectivity index (χ1) is 11.6. The number of benzene rings is 2. The number of aliphatic hydroxyl groups excluding tert-OH is 1. The number of rotatable bonds is 4. The second kappa shape index (κ2) is 7.96. The Hall–Kier alpha value is -2.63. The molecule has 0 saturated carbocycles. The number of halogens is 1. The first-order valence-electron chi connectivity index (χ1n) is 7.74. The number of hydrogen-bond acceptors (Lipinski definition) is 4. The van der Waals surface area contributed by atoms with E-state index in [1.165, 1.54) is 4.90 Å². The third-order valence-corrected chi connectivity index (χ3v) is 4.07. The summed E-state index contributed by atoms with van der Waals surface area (Å²) in [4.78, 5) is 26.4. The Labute approximate surface area is 152 Å². The lowest BCUT2D eigenvalue weighted by Gasteiger charge is -2.24. The standard InChI is InChI=1S/C19H18N2O3.ClH/c20-11-12-21-16(13-7-3-1-4-8-13)15(18(23)19(21)24)17(22)14-9-5-2-6-10-14;/h1-10,16,22H,11-12,20H2;1H. The van der Waals surface area contributed by atoms with Gasteiger partial charge in [0, 0.05) is 18.7 Å². The second-order valence-electron chi connectivity index (χ2n) is 5.56. The highest BCUT2D eigenvalue weighted by Gasteiger charge is 2.45. The van der Waals surface area contributed by atoms with E-state index in [9.17, 15) is 14.7 Å². The molecule has 5 nitrogen and oxygen atoms in total. The molecule has 0 aliphatic carbocycles. The summed E-state index contributed by atoms with van der Waals surface area (Å²) >= 11 is 0. The van der Waals surface area contributed by atoms with Gasteiger partial charge in [-0.25, -0.2) is 0 Å². The highest BCUT2D eigenvalue weighted by atomic mass is 35.5. The molecule has 0 radical (unpaired) electrons. The first-order valence-corrected chi connectivity index (χ1v) is 7.74. The summed E-state index contributed by atoms with van der Waals surface area (Å²) in [6.45, 7) is 0.484. The lowest BCUT2D eigenvalue weighted by molar-refractivity contribution is -0.139. The Balaban J connectivity index is 0.00000225. The molecule has 1 aliphatic rings. The van der Waals surface area contributed by atoms with Crippen LogP contribution in [0.15, 0.2) is 66.2 Å². The van der Waals surface area contributed by atoms with E-state index < -0.39 is 17.7 Å². The molecular weight excluding hydrogens is 340 g/mol. The minimum absolute atomic E-state index is 0. The van der Waals surface area contributed by atoms with Crippen LogP contribution in [0.3, 0.4) is 0 Å². The van der Waals surface area contributed by atoms with E-state index >= 15 is 0 Å². The van der Waals surface area contributed by atoms with E-state index in [0.29, 0.717) is 5.56 Å². The van der Waals surface area contributed by atoms with Gasteiger partial charge in [0.2, 0.25) is 0 Å². The van der Waals surface area contributed by atoms with Gasteiger partial charge in [0.05, 0.1) is 11.6 Å². The number of amides is 1. The maximum absolute atomic E-state index is 12.5. The Bertz CT molecular complexity index is 791. The van der Waals surface area contributed by atoms with Crippen molar-refractivity contribution in [1.29, 1.82) is 0 Å². The molecule has 6 heteroatoms. The fourth-order valence-corrected chi connectivity index (χ4v) is 2.98. The van der Waals surface area contributed by atoms with Crippen LogP contribution in [0.25, 0.3) is 5.76 Å². The van der Waals surface area contributed by atoms with Crippen molar-refractivity contribution in [3.8, 4) is 0 Å². The van der Waals surface area contributed by atoms with Gasteiger partial charge < -0.3 is 15.7 Å². The molecule has 1 aliphatic heterocycles. The van der Waals surface area contributed by atoms with Gasteiger partial charge in [-0.15, -0.1) is 12.4 Å². The van der Waals surface area contributed by atoms with Gasteiger partial charge in [-0.05, 0) is 5.56 Å². The van der Waals surface area contributed by atoms with Gasteiger partial charge in [0.1, 0.15) is 5.76 Å². The predicted molar refractivity (Wildman–Crippen MR) is 98.2 cm³/mol. The fraction of sp³-hybridized carbons (Fsp3) is 0.158. The molecule has 25 heavy (non-hydrogen) atoms. The maximum atomic E-state index is 12.5. The van der Waals surface area contributed by atoms with Crippen molar-refractivity contribution in [2.75, 3.05) is 13.1 Å². The van der Waals surface area contributed by atoms with Crippen LogP contribution in [0.5, 0.6) is 0 Å². The predicted octanol–water partition coefficient (Wildman–Crippen LogP) is 2.49. The summed E-state index contributed by atoms with van der Waals surface area (Å²) in [5, 5.41) is 10.7. The number of Topliss-reactive ketones (excluding diaryl/α,β-unsaturated/α-hetero) is 1. The Morgan fingerprint density at radius 2 is 1.56 bits per heavy atom. The summed E-state index contributed by atoms with van der Waals surface area (Å²) in [6, 6.07) is 17.3. The molecule has 2 aromatic rings. The highest BCUT2D eigenvalue weighted by Crippen LogP contribution is 2.38. The SMILES string of the molecule is Cl.NCCN1C(=O)C(=O)C(=C(O)c2ccccc2)C1c1ccccc1. The molecule has 0 bridgehead atoms. The molecule has 3 rings (SSSR count). The number of carbonyl (C=O) groups is 2. The number of nitrogens with two attached hydrogens (primary N) is 1. The van der Waals surface area contributed by atoms with Gasteiger partial charge in [-0.2, -0.15) is 0 Å². The van der Waals surface area contributed by atoms with Gasteiger partial charge in [0.15, 0.2) is 0 Å². The molecule has 1 fully saturated rings. The summed E-state index contributed by atoms with van der Waals surface area (Å²) in [5.74, 6) is -1.48. The molecule has 130 valence electrons. The van der Waals surface area contributed by atoms with Crippen molar-refractivity contribution in [3.63, 3.8) is 0 Å². The average Bonchev–Trinajstić information content (AvgIpc) is 2.88. The van der Waals surface area contributed by atoms with Crippen molar-refractivity contribution in [2.45, 2.75) is 6.04 Å². The van der Waals surface area contributed by atoms with Gasteiger partial charge in [-0.1, -0.05) is 60.7 Å². The molecule has 1 amide bonds. The van der Waals surface area contributed by atoms with Crippen molar-refractivity contribution >= 4 is 29.9 Å². The van der Waals surface area contributed by atoms with E-state index in [2.05, 4.69) is 0 Å². The third kappa shape index (κ3) is 3.43.